The van der Waals surface area contributed by atoms with Crippen LogP contribution < -0.4 is 11.1 Å². The van der Waals surface area contributed by atoms with Crippen LogP contribution in [0.4, 0.5) is 4.39 Å². The second-order valence-electron chi connectivity index (χ2n) is 5.24. The van der Waals surface area contributed by atoms with Crippen molar-refractivity contribution in [2.75, 3.05) is 0 Å². The Labute approximate surface area is 146 Å². The van der Waals surface area contributed by atoms with Crippen molar-refractivity contribution in [2.24, 2.45) is 0 Å². The average Bonchev–Trinajstić information content (AvgIpc) is 2.94. The van der Waals surface area contributed by atoms with Crippen LogP contribution in [0.15, 0.2) is 57.7 Å². The van der Waals surface area contributed by atoms with Crippen molar-refractivity contribution in [3.8, 4) is 11.5 Å². The molecule has 0 aliphatic heterocycles. The van der Waals surface area contributed by atoms with Crippen LogP contribution in [0, 0.1) is 5.82 Å². The van der Waals surface area contributed by atoms with Crippen molar-refractivity contribution in [3.05, 3.63) is 75.5 Å². The standard InChI is InChI=1S/C17H13ClFN3O3/c18-13-3-1-2-11(8-13)9-20-15(23)10-22-17(24)25-16(21-22)12-4-6-14(19)7-5-12/h1-8H,9-10H2,(H,20,23). The lowest BCUT2D eigenvalue weighted by Crippen LogP contribution is -2.31. The maximum Gasteiger partial charge on any atom is 0.437 e. The molecule has 0 saturated carbocycles. The summed E-state index contributed by atoms with van der Waals surface area (Å²) in [7, 11) is 0. The molecule has 0 fully saturated rings. The summed E-state index contributed by atoms with van der Waals surface area (Å²) in [6.45, 7) is -0.0130. The molecular weight excluding hydrogens is 349 g/mol. The number of amides is 1. The van der Waals surface area contributed by atoms with Crippen LogP contribution in [0.5, 0.6) is 0 Å². The molecule has 0 spiro atoms. The second kappa shape index (κ2) is 7.31. The highest BCUT2D eigenvalue weighted by Gasteiger charge is 2.13. The number of nitrogens with one attached hydrogen (secondary N) is 1. The first-order valence-corrected chi connectivity index (χ1v) is 7.74. The first kappa shape index (κ1) is 16.9. The zero-order chi connectivity index (χ0) is 17.8. The third-order valence-corrected chi connectivity index (χ3v) is 3.60. The third-order valence-electron chi connectivity index (χ3n) is 3.37. The molecule has 0 bridgehead atoms. The Morgan fingerprint density at radius 3 is 2.72 bits per heavy atom. The topological polar surface area (TPSA) is 77.1 Å². The number of carbonyl (C=O) groups is 1. The van der Waals surface area contributed by atoms with Gasteiger partial charge in [-0.25, -0.2) is 9.18 Å². The maximum atomic E-state index is 12.9. The number of aromatic nitrogens is 2. The van der Waals surface area contributed by atoms with Gasteiger partial charge in [-0.2, -0.15) is 4.68 Å². The minimum atomic E-state index is -0.766. The van der Waals surface area contributed by atoms with Gasteiger partial charge in [0.1, 0.15) is 12.4 Å². The largest absolute Gasteiger partial charge is 0.437 e. The van der Waals surface area contributed by atoms with E-state index in [9.17, 15) is 14.0 Å². The monoisotopic (exact) mass is 361 g/mol. The molecule has 2 aromatic carbocycles. The fourth-order valence-corrected chi connectivity index (χ4v) is 2.37. The predicted octanol–water partition coefficient (Wildman–Crippen LogP) is 2.61. The van der Waals surface area contributed by atoms with E-state index in [1.165, 1.54) is 24.3 Å². The molecule has 8 heteroatoms. The SMILES string of the molecule is O=C(Cn1nc(-c2ccc(F)cc2)oc1=O)NCc1cccc(Cl)c1. The zero-order valence-electron chi connectivity index (χ0n) is 12.9. The average molecular weight is 362 g/mol. The van der Waals surface area contributed by atoms with Gasteiger partial charge in [-0.05, 0) is 42.0 Å². The molecule has 0 aliphatic carbocycles. The van der Waals surface area contributed by atoms with Gasteiger partial charge in [-0.15, -0.1) is 5.10 Å². The molecule has 1 aromatic heterocycles. The normalized spacial score (nSPS) is 10.6. The van der Waals surface area contributed by atoms with Gasteiger partial charge < -0.3 is 9.73 Å². The molecule has 1 amide bonds. The summed E-state index contributed by atoms with van der Waals surface area (Å²) in [5, 5.41) is 7.19. The summed E-state index contributed by atoms with van der Waals surface area (Å²) >= 11 is 5.88. The Kier molecular flexibility index (Phi) is 4.95. The van der Waals surface area contributed by atoms with Crippen molar-refractivity contribution in [1.29, 1.82) is 0 Å². The van der Waals surface area contributed by atoms with Crippen molar-refractivity contribution in [1.82, 2.24) is 15.1 Å². The highest BCUT2D eigenvalue weighted by Crippen LogP contribution is 2.15. The van der Waals surface area contributed by atoms with Crippen molar-refractivity contribution < 1.29 is 13.6 Å². The molecule has 0 unspecified atom stereocenters. The minimum Gasteiger partial charge on any atom is -0.388 e. The Morgan fingerprint density at radius 2 is 2.00 bits per heavy atom. The molecule has 128 valence electrons. The smallest absolute Gasteiger partial charge is 0.388 e. The van der Waals surface area contributed by atoms with Gasteiger partial charge in [0, 0.05) is 17.1 Å². The van der Waals surface area contributed by atoms with Crippen LogP contribution in [0.2, 0.25) is 5.02 Å². The van der Waals surface area contributed by atoms with Gasteiger partial charge in [0.15, 0.2) is 0 Å². The molecule has 3 rings (SSSR count). The van der Waals surface area contributed by atoms with Crippen molar-refractivity contribution >= 4 is 17.5 Å². The molecule has 3 aromatic rings. The zero-order valence-corrected chi connectivity index (χ0v) is 13.7. The first-order chi connectivity index (χ1) is 12.0. The third kappa shape index (κ3) is 4.33. The molecular formula is C17H13ClFN3O3. The van der Waals surface area contributed by atoms with E-state index >= 15 is 0 Å². The lowest BCUT2D eigenvalue weighted by Gasteiger charge is -2.05. The van der Waals surface area contributed by atoms with Crippen molar-refractivity contribution in [2.45, 2.75) is 13.1 Å². The van der Waals surface area contributed by atoms with Crippen LogP contribution >= 0.6 is 11.6 Å². The maximum absolute atomic E-state index is 12.9. The van der Waals surface area contributed by atoms with Gasteiger partial charge in [-0.1, -0.05) is 23.7 Å². The second-order valence-corrected chi connectivity index (χ2v) is 5.68. The summed E-state index contributed by atoms with van der Waals surface area (Å²) in [5.41, 5.74) is 1.27. The van der Waals surface area contributed by atoms with E-state index in [4.69, 9.17) is 16.0 Å². The van der Waals surface area contributed by atoms with E-state index in [0.29, 0.717) is 10.6 Å². The Bertz CT molecular complexity index is 950. The van der Waals surface area contributed by atoms with Crippen LogP contribution in [0.3, 0.4) is 0 Å². The summed E-state index contributed by atoms with van der Waals surface area (Å²) < 4.78 is 18.8. The predicted molar refractivity (Wildman–Crippen MR) is 89.5 cm³/mol. The summed E-state index contributed by atoms with van der Waals surface area (Å²) in [5.74, 6) is -1.56. The van der Waals surface area contributed by atoms with Gasteiger partial charge >= 0.3 is 5.76 Å². The minimum absolute atomic E-state index is 0.0210. The van der Waals surface area contributed by atoms with E-state index in [0.717, 1.165) is 10.2 Å². The summed E-state index contributed by atoms with van der Waals surface area (Å²) in [6, 6.07) is 12.4. The van der Waals surface area contributed by atoms with Gasteiger partial charge in [-0.3, -0.25) is 4.79 Å². The van der Waals surface area contributed by atoms with Gasteiger partial charge in [0.25, 0.3) is 0 Å². The molecule has 0 saturated heterocycles. The molecule has 1 N–H and O–H groups in total. The molecule has 0 aliphatic rings. The Balaban J connectivity index is 1.65. The number of hydrogen-bond acceptors (Lipinski definition) is 4. The fourth-order valence-electron chi connectivity index (χ4n) is 2.15. The van der Waals surface area contributed by atoms with Gasteiger partial charge in [0.05, 0.1) is 0 Å². The first-order valence-electron chi connectivity index (χ1n) is 7.36. The number of carbonyl (C=O) groups excluding carboxylic acids is 1. The molecule has 0 atom stereocenters. The number of nitrogens with zero attached hydrogens (tertiary/aromatic N) is 2. The van der Waals surface area contributed by atoms with Crippen LogP contribution in [-0.4, -0.2) is 15.7 Å². The number of hydrogen-bond donors (Lipinski definition) is 1. The van der Waals surface area contributed by atoms with Crippen LogP contribution in [-0.2, 0) is 17.9 Å². The quantitative estimate of drug-likeness (QED) is 0.757. The molecule has 6 nitrogen and oxygen atoms in total. The Hall–Kier alpha value is -2.93. The number of rotatable bonds is 5. The highest BCUT2D eigenvalue weighted by molar-refractivity contribution is 6.30. The lowest BCUT2D eigenvalue weighted by atomic mass is 10.2. The fraction of sp³-hybridized carbons (Fsp3) is 0.118. The number of benzene rings is 2. The summed E-state index contributed by atoms with van der Waals surface area (Å²) in [6.07, 6.45) is 0. The van der Waals surface area contributed by atoms with Crippen molar-refractivity contribution in [3.63, 3.8) is 0 Å². The molecule has 1 heterocycles. The van der Waals surface area contributed by atoms with Crippen LogP contribution in [0.1, 0.15) is 5.56 Å². The highest BCUT2D eigenvalue weighted by atomic mass is 35.5. The van der Waals surface area contributed by atoms with Gasteiger partial charge in [0.2, 0.25) is 11.8 Å². The molecule has 0 radical (unpaired) electrons. The summed E-state index contributed by atoms with van der Waals surface area (Å²) in [4.78, 5) is 23.8. The van der Waals surface area contributed by atoms with E-state index in [1.807, 2.05) is 6.07 Å². The van der Waals surface area contributed by atoms with E-state index in [1.54, 1.807) is 18.2 Å². The Morgan fingerprint density at radius 1 is 1.24 bits per heavy atom. The van der Waals surface area contributed by atoms with Crippen LogP contribution in [0.25, 0.3) is 11.5 Å². The van der Waals surface area contributed by atoms with E-state index in [2.05, 4.69) is 10.4 Å². The lowest BCUT2D eigenvalue weighted by molar-refractivity contribution is -0.122. The number of halogens is 2. The van der Waals surface area contributed by atoms with E-state index in [-0.39, 0.29) is 19.0 Å². The molecule has 25 heavy (non-hydrogen) atoms. The van der Waals surface area contributed by atoms with E-state index < -0.39 is 17.5 Å².